The molecule has 0 saturated carbocycles. The molecule has 0 atom stereocenters. The van der Waals surface area contributed by atoms with E-state index < -0.39 is 0 Å². The van der Waals surface area contributed by atoms with Crippen LogP contribution in [0.1, 0.15) is 16.3 Å². The average molecular weight is 309 g/mol. The highest BCUT2D eigenvalue weighted by Crippen LogP contribution is 2.35. The summed E-state index contributed by atoms with van der Waals surface area (Å²) >= 11 is 7.54. The zero-order valence-corrected chi connectivity index (χ0v) is 13.1. The molecule has 3 aromatic rings. The fourth-order valence-electron chi connectivity index (χ4n) is 2.07. The van der Waals surface area contributed by atoms with E-state index in [2.05, 4.69) is 15.1 Å². The maximum atomic E-state index is 5.97. The van der Waals surface area contributed by atoms with E-state index in [0.29, 0.717) is 11.6 Å². The first-order chi connectivity index (χ1) is 9.45. The summed E-state index contributed by atoms with van der Waals surface area (Å²) in [4.78, 5) is 10.4. The zero-order chi connectivity index (χ0) is 14.4. The zero-order valence-electron chi connectivity index (χ0n) is 11.6. The van der Waals surface area contributed by atoms with E-state index in [9.17, 15) is 0 Å². The molecule has 0 unspecified atom stereocenters. The third kappa shape index (κ3) is 2.14. The predicted molar refractivity (Wildman–Crippen MR) is 79.9 cm³/mol. The molecule has 0 spiro atoms. The second-order valence-corrected chi connectivity index (χ2v) is 6.17. The van der Waals surface area contributed by atoms with Crippen molar-refractivity contribution in [1.82, 2.24) is 19.7 Å². The Balaban J connectivity index is 2.15. The number of hydrogen-bond donors (Lipinski definition) is 0. The second-order valence-electron chi connectivity index (χ2n) is 4.60. The van der Waals surface area contributed by atoms with Gasteiger partial charge in [0.25, 0.3) is 0 Å². The van der Waals surface area contributed by atoms with Crippen LogP contribution in [0.3, 0.4) is 0 Å². The summed E-state index contributed by atoms with van der Waals surface area (Å²) in [5.74, 6) is 1.19. The summed E-state index contributed by atoms with van der Waals surface area (Å²) < 4.78 is 7.74. The fraction of sp³-hybridized carbons (Fsp3) is 0.308. The van der Waals surface area contributed by atoms with Crippen molar-refractivity contribution in [3.63, 3.8) is 0 Å². The Labute approximate surface area is 125 Å². The van der Waals surface area contributed by atoms with Gasteiger partial charge in [-0.05, 0) is 38.4 Å². The number of aryl methyl sites for hydroxylation is 3. The summed E-state index contributed by atoms with van der Waals surface area (Å²) in [5.41, 5.74) is 1.76. The van der Waals surface area contributed by atoms with Crippen LogP contribution >= 0.6 is 22.9 Å². The van der Waals surface area contributed by atoms with Crippen molar-refractivity contribution < 1.29 is 4.74 Å². The van der Waals surface area contributed by atoms with Gasteiger partial charge >= 0.3 is 0 Å². The van der Waals surface area contributed by atoms with Gasteiger partial charge in [0.1, 0.15) is 10.5 Å². The molecular formula is C13H13ClN4OS. The molecule has 5 nitrogen and oxygen atoms in total. The maximum Gasteiger partial charge on any atom is 0.232 e. The van der Waals surface area contributed by atoms with Crippen molar-refractivity contribution in [3.8, 4) is 11.6 Å². The Bertz CT molecular complexity index is 808. The minimum absolute atomic E-state index is 0.188. The number of ether oxygens (including phenoxy) is 1. The Kier molecular flexibility index (Phi) is 3.14. The van der Waals surface area contributed by atoms with Gasteiger partial charge in [-0.1, -0.05) is 0 Å². The van der Waals surface area contributed by atoms with Crippen LogP contribution in [0.15, 0.2) is 6.07 Å². The molecular weight excluding hydrogens is 296 g/mol. The Morgan fingerprint density at radius 3 is 2.65 bits per heavy atom. The number of aromatic nitrogens is 4. The van der Waals surface area contributed by atoms with E-state index in [1.54, 1.807) is 16.0 Å². The fourth-order valence-corrected chi connectivity index (χ4v) is 3.15. The largest absolute Gasteiger partial charge is 0.434 e. The van der Waals surface area contributed by atoms with E-state index in [1.807, 2.05) is 33.9 Å². The molecule has 104 valence electrons. The molecule has 0 radical (unpaired) electrons. The molecule has 0 aliphatic rings. The van der Waals surface area contributed by atoms with Crippen LogP contribution in [0.2, 0.25) is 5.28 Å². The molecule has 3 rings (SSSR count). The van der Waals surface area contributed by atoms with E-state index in [1.165, 1.54) is 0 Å². The summed E-state index contributed by atoms with van der Waals surface area (Å²) in [7, 11) is 1.88. The van der Waals surface area contributed by atoms with Crippen molar-refractivity contribution >= 4 is 33.2 Å². The van der Waals surface area contributed by atoms with Gasteiger partial charge in [0.15, 0.2) is 5.75 Å². The van der Waals surface area contributed by atoms with Crippen molar-refractivity contribution in [1.29, 1.82) is 0 Å². The normalized spacial score (nSPS) is 11.2. The van der Waals surface area contributed by atoms with Crippen LogP contribution in [0, 0.1) is 20.8 Å². The van der Waals surface area contributed by atoms with Gasteiger partial charge in [0, 0.05) is 11.9 Å². The smallest absolute Gasteiger partial charge is 0.232 e. The highest BCUT2D eigenvalue weighted by Gasteiger charge is 2.16. The number of rotatable bonds is 2. The first-order valence-electron chi connectivity index (χ1n) is 6.07. The van der Waals surface area contributed by atoms with E-state index in [-0.39, 0.29) is 5.28 Å². The van der Waals surface area contributed by atoms with Gasteiger partial charge in [-0.15, -0.1) is 11.3 Å². The van der Waals surface area contributed by atoms with E-state index in [0.717, 1.165) is 26.5 Å². The molecule has 3 heterocycles. The van der Waals surface area contributed by atoms with Gasteiger partial charge in [0.2, 0.25) is 11.2 Å². The third-order valence-corrected chi connectivity index (χ3v) is 4.21. The van der Waals surface area contributed by atoms with Crippen LogP contribution in [0.5, 0.6) is 11.6 Å². The van der Waals surface area contributed by atoms with E-state index in [4.69, 9.17) is 16.3 Å². The van der Waals surface area contributed by atoms with Crippen LogP contribution in [-0.2, 0) is 7.05 Å². The molecule has 0 aromatic carbocycles. The van der Waals surface area contributed by atoms with Crippen molar-refractivity contribution in [2.75, 3.05) is 0 Å². The van der Waals surface area contributed by atoms with E-state index >= 15 is 0 Å². The number of thiophene rings is 1. The lowest BCUT2D eigenvalue weighted by Gasteiger charge is -2.06. The van der Waals surface area contributed by atoms with Gasteiger partial charge in [-0.3, -0.25) is 4.68 Å². The molecule has 0 fully saturated rings. The minimum atomic E-state index is 0.188. The van der Waals surface area contributed by atoms with Crippen molar-refractivity contribution in [3.05, 3.63) is 27.6 Å². The molecule has 3 aromatic heterocycles. The Morgan fingerprint density at radius 1 is 1.25 bits per heavy atom. The quantitative estimate of drug-likeness (QED) is 0.676. The van der Waals surface area contributed by atoms with Crippen molar-refractivity contribution in [2.24, 2.45) is 7.05 Å². The Hall–Kier alpha value is -1.66. The molecule has 0 saturated heterocycles. The number of hydrogen-bond acceptors (Lipinski definition) is 5. The molecule has 0 aliphatic carbocycles. The van der Waals surface area contributed by atoms with Gasteiger partial charge in [0.05, 0.1) is 11.1 Å². The molecule has 20 heavy (non-hydrogen) atoms. The lowest BCUT2D eigenvalue weighted by atomic mass is 10.3. The molecule has 0 aliphatic heterocycles. The summed E-state index contributed by atoms with van der Waals surface area (Å²) in [6.45, 7) is 5.87. The van der Waals surface area contributed by atoms with Crippen LogP contribution in [0.4, 0.5) is 0 Å². The summed E-state index contributed by atoms with van der Waals surface area (Å²) in [6, 6.07) is 2.01. The molecule has 0 amide bonds. The first kappa shape index (κ1) is 13.3. The highest BCUT2D eigenvalue weighted by atomic mass is 35.5. The monoisotopic (exact) mass is 308 g/mol. The topological polar surface area (TPSA) is 52.8 Å². The first-order valence-corrected chi connectivity index (χ1v) is 7.27. The second kappa shape index (κ2) is 4.71. The van der Waals surface area contributed by atoms with Crippen molar-refractivity contribution in [2.45, 2.75) is 20.8 Å². The minimum Gasteiger partial charge on any atom is -0.434 e. The predicted octanol–water partition coefficient (Wildman–Crippen LogP) is 3.80. The summed E-state index contributed by atoms with van der Waals surface area (Å²) in [6.07, 6.45) is 0. The third-order valence-electron chi connectivity index (χ3n) is 3.10. The maximum absolute atomic E-state index is 5.97. The highest BCUT2D eigenvalue weighted by molar-refractivity contribution is 7.18. The van der Waals surface area contributed by atoms with Gasteiger partial charge < -0.3 is 4.74 Å². The van der Waals surface area contributed by atoms with Gasteiger partial charge in [-0.2, -0.15) is 10.1 Å². The lowest BCUT2D eigenvalue weighted by molar-refractivity contribution is 0.460. The van der Waals surface area contributed by atoms with Crippen LogP contribution in [-0.4, -0.2) is 19.7 Å². The van der Waals surface area contributed by atoms with Gasteiger partial charge in [-0.25, -0.2) is 4.98 Å². The Morgan fingerprint density at radius 2 is 2.00 bits per heavy atom. The van der Waals surface area contributed by atoms with Crippen LogP contribution < -0.4 is 4.74 Å². The lowest BCUT2D eigenvalue weighted by Crippen LogP contribution is -1.95. The SMILES string of the molecule is Cc1cc2c(Oc3c(C)nn(C)c3C)nc(Cl)nc2s1. The molecule has 7 heteroatoms. The number of fused-ring (bicyclic) bond motifs is 1. The number of halogens is 1. The molecule has 0 bridgehead atoms. The number of nitrogens with zero attached hydrogens (tertiary/aromatic N) is 4. The average Bonchev–Trinajstić information content (AvgIpc) is 2.84. The standard InChI is InChI=1S/C13H13ClN4OS/c1-6-5-9-11(15-13(14)16-12(9)20-6)19-10-7(2)17-18(4)8(10)3/h5H,1-4H3. The summed E-state index contributed by atoms with van der Waals surface area (Å²) in [5, 5.41) is 5.40. The molecule has 0 N–H and O–H groups in total. The van der Waals surface area contributed by atoms with Crippen LogP contribution in [0.25, 0.3) is 10.2 Å².